The minimum absolute atomic E-state index is 0.0801. The largest absolute Gasteiger partial charge is 0.481 e. The molecule has 0 saturated carbocycles. The van der Waals surface area contributed by atoms with Crippen LogP contribution >= 0.6 is 27.5 Å². The summed E-state index contributed by atoms with van der Waals surface area (Å²) in [5, 5.41) is 13.3. The molecule has 6 nitrogen and oxygen atoms in total. The number of carbonyl (C=O) groups excluding carboxylic acids is 1. The van der Waals surface area contributed by atoms with Crippen molar-refractivity contribution in [2.24, 2.45) is 0 Å². The monoisotopic (exact) mass is 593 g/mol. The number of hydrogen-bond donors (Lipinski definition) is 2. The Hall–Kier alpha value is -2.78. The van der Waals surface area contributed by atoms with Gasteiger partial charge in [-0.2, -0.15) is 0 Å². The van der Waals surface area contributed by atoms with Crippen molar-refractivity contribution in [3.63, 3.8) is 0 Å². The highest BCUT2D eigenvalue weighted by molar-refractivity contribution is 9.10. The van der Waals surface area contributed by atoms with E-state index >= 15 is 0 Å². The van der Waals surface area contributed by atoms with E-state index in [-0.39, 0.29) is 37.6 Å². The van der Waals surface area contributed by atoms with E-state index in [1.807, 2.05) is 12.1 Å². The van der Waals surface area contributed by atoms with Gasteiger partial charge < -0.3 is 15.3 Å². The standard InChI is InChI=1S/C27H27BrClF2N3O3/c1-16-24(26(37)32-14-17(7-10-23(35)36)19-5-2-3-6-21(19)29)20-13-18(28)8-9-22(20)33-25(16)34-12-4-11-27(30,31)15-34/h2-3,5-6,8-9,13,17H,4,7,10-12,14-15H2,1H3,(H,32,37)(H,35,36). The zero-order chi connectivity index (χ0) is 26.7. The van der Waals surface area contributed by atoms with Crippen LogP contribution in [0.15, 0.2) is 46.9 Å². The fourth-order valence-electron chi connectivity index (χ4n) is 4.84. The molecule has 1 aliphatic heterocycles. The van der Waals surface area contributed by atoms with Gasteiger partial charge in [0.05, 0.1) is 17.6 Å². The number of amides is 1. The molecule has 2 N–H and O–H groups in total. The molecule has 4 rings (SSSR count). The van der Waals surface area contributed by atoms with E-state index in [1.54, 1.807) is 42.2 Å². The summed E-state index contributed by atoms with van der Waals surface area (Å²) in [6, 6.07) is 12.5. The molecule has 1 amide bonds. The van der Waals surface area contributed by atoms with E-state index in [1.165, 1.54) is 0 Å². The van der Waals surface area contributed by atoms with Crippen LogP contribution < -0.4 is 10.2 Å². The number of nitrogens with one attached hydrogen (secondary N) is 1. The predicted octanol–water partition coefficient (Wildman–Crippen LogP) is 6.57. The summed E-state index contributed by atoms with van der Waals surface area (Å²) in [5.41, 5.74) is 2.14. The second-order valence-corrected chi connectivity index (χ2v) is 10.7. The third kappa shape index (κ3) is 6.38. The second-order valence-electron chi connectivity index (χ2n) is 9.34. The Morgan fingerprint density at radius 1 is 1.27 bits per heavy atom. The number of fused-ring (bicyclic) bond motifs is 1. The number of aliphatic carboxylic acids is 1. The lowest BCUT2D eigenvalue weighted by molar-refractivity contribution is -0.137. The summed E-state index contributed by atoms with van der Waals surface area (Å²) in [7, 11) is 0. The first kappa shape index (κ1) is 27.3. The van der Waals surface area contributed by atoms with Gasteiger partial charge in [-0.1, -0.05) is 45.7 Å². The van der Waals surface area contributed by atoms with Crippen LogP contribution in [-0.4, -0.2) is 47.5 Å². The number of hydrogen-bond acceptors (Lipinski definition) is 4. The number of aromatic nitrogens is 1. The topological polar surface area (TPSA) is 82.5 Å². The Labute approximate surface area is 227 Å². The number of anilines is 1. The number of carboxylic acid groups (broad SMARTS) is 1. The van der Waals surface area contributed by atoms with Crippen LogP contribution in [0.25, 0.3) is 10.9 Å². The van der Waals surface area contributed by atoms with Crippen molar-refractivity contribution in [3.05, 3.63) is 68.7 Å². The Morgan fingerprint density at radius 2 is 2.03 bits per heavy atom. The average Bonchev–Trinajstić information content (AvgIpc) is 2.83. The molecule has 10 heteroatoms. The first-order chi connectivity index (χ1) is 17.6. The molecule has 2 aromatic carbocycles. The van der Waals surface area contributed by atoms with Crippen LogP contribution in [0.2, 0.25) is 5.02 Å². The lowest BCUT2D eigenvalue weighted by atomic mass is 9.93. The second kappa shape index (κ2) is 11.3. The van der Waals surface area contributed by atoms with Gasteiger partial charge >= 0.3 is 5.97 Å². The van der Waals surface area contributed by atoms with Crippen LogP contribution in [0.4, 0.5) is 14.6 Å². The fraction of sp³-hybridized carbons (Fsp3) is 0.370. The van der Waals surface area contributed by atoms with Gasteiger partial charge in [0.15, 0.2) is 0 Å². The Balaban J connectivity index is 1.69. The average molecular weight is 595 g/mol. The molecule has 1 aromatic heterocycles. The van der Waals surface area contributed by atoms with E-state index < -0.39 is 18.4 Å². The minimum atomic E-state index is -2.82. The molecule has 1 saturated heterocycles. The van der Waals surface area contributed by atoms with E-state index in [0.717, 1.165) is 10.0 Å². The van der Waals surface area contributed by atoms with Crippen LogP contribution in [-0.2, 0) is 4.79 Å². The van der Waals surface area contributed by atoms with Gasteiger partial charge in [-0.25, -0.2) is 13.8 Å². The number of rotatable bonds is 8. The van der Waals surface area contributed by atoms with E-state index in [2.05, 4.69) is 26.2 Å². The quantitative estimate of drug-likeness (QED) is 0.308. The SMILES string of the molecule is Cc1c(N2CCCC(F)(F)C2)nc2ccc(Br)cc2c1C(=O)NCC(CCC(=O)O)c1ccccc1Cl. The fourth-order valence-corrected chi connectivity index (χ4v) is 5.49. The lowest BCUT2D eigenvalue weighted by Crippen LogP contribution is -2.43. The van der Waals surface area contributed by atoms with Crippen molar-refractivity contribution in [3.8, 4) is 0 Å². The van der Waals surface area contributed by atoms with Gasteiger partial charge in [-0.3, -0.25) is 9.59 Å². The predicted molar refractivity (Wildman–Crippen MR) is 144 cm³/mol. The van der Waals surface area contributed by atoms with Gasteiger partial charge in [0, 0.05) is 52.3 Å². The molecule has 0 spiro atoms. The molecular weight excluding hydrogens is 568 g/mol. The molecule has 0 bridgehead atoms. The number of halogens is 4. The number of carboxylic acids is 1. The highest BCUT2D eigenvalue weighted by atomic mass is 79.9. The minimum Gasteiger partial charge on any atom is -0.481 e. The van der Waals surface area contributed by atoms with Crippen molar-refractivity contribution in [1.29, 1.82) is 0 Å². The van der Waals surface area contributed by atoms with Gasteiger partial charge in [0.1, 0.15) is 5.82 Å². The highest BCUT2D eigenvalue weighted by Gasteiger charge is 2.37. The zero-order valence-corrected chi connectivity index (χ0v) is 22.6. The molecule has 0 aliphatic carbocycles. The molecular formula is C27H27BrClF2N3O3. The smallest absolute Gasteiger partial charge is 0.303 e. The summed E-state index contributed by atoms with van der Waals surface area (Å²) >= 11 is 9.82. The maximum atomic E-state index is 14.2. The van der Waals surface area contributed by atoms with Crippen LogP contribution in [0.3, 0.4) is 0 Å². The summed E-state index contributed by atoms with van der Waals surface area (Å²) in [6.07, 6.45) is 0.367. The normalized spacial score (nSPS) is 16.0. The van der Waals surface area contributed by atoms with Crippen LogP contribution in [0, 0.1) is 6.92 Å². The Bertz CT molecular complexity index is 1340. The summed E-state index contributed by atoms with van der Waals surface area (Å²) in [4.78, 5) is 31.1. The number of piperidine rings is 1. The maximum Gasteiger partial charge on any atom is 0.303 e. The molecule has 3 aromatic rings. The van der Waals surface area contributed by atoms with Gasteiger partial charge in [-0.15, -0.1) is 0 Å². The van der Waals surface area contributed by atoms with Gasteiger partial charge in [-0.05, 0) is 49.6 Å². The third-order valence-corrected chi connectivity index (χ3v) is 7.48. The number of pyridine rings is 1. The van der Waals surface area contributed by atoms with E-state index in [0.29, 0.717) is 45.8 Å². The van der Waals surface area contributed by atoms with Crippen molar-refractivity contribution in [2.45, 2.75) is 44.4 Å². The lowest BCUT2D eigenvalue weighted by Gasteiger charge is -2.34. The molecule has 1 aliphatic rings. The van der Waals surface area contributed by atoms with Crippen molar-refractivity contribution >= 4 is 56.1 Å². The number of nitrogens with zero attached hydrogens (tertiary/aromatic N) is 2. The molecule has 37 heavy (non-hydrogen) atoms. The Morgan fingerprint density at radius 3 is 2.73 bits per heavy atom. The number of benzene rings is 2. The molecule has 196 valence electrons. The Kier molecular flexibility index (Phi) is 8.33. The molecule has 1 fully saturated rings. The third-order valence-electron chi connectivity index (χ3n) is 6.64. The van der Waals surface area contributed by atoms with E-state index in [9.17, 15) is 23.5 Å². The first-order valence-corrected chi connectivity index (χ1v) is 13.2. The molecule has 1 atom stereocenters. The van der Waals surface area contributed by atoms with Crippen molar-refractivity contribution < 1.29 is 23.5 Å². The molecule has 1 unspecified atom stereocenters. The molecule has 0 radical (unpaired) electrons. The summed E-state index contributed by atoms with van der Waals surface area (Å²) < 4.78 is 29.2. The zero-order valence-electron chi connectivity index (χ0n) is 20.2. The van der Waals surface area contributed by atoms with E-state index in [4.69, 9.17) is 11.6 Å². The van der Waals surface area contributed by atoms with Crippen molar-refractivity contribution in [1.82, 2.24) is 10.3 Å². The maximum absolute atomic E-state index is 14.2. The van der Waals surface area contributed by atoms with Crippen LogP contribution in [0.1, 0.15) is 53.1 Å². The summed E-state index contributed by atoms with van der Waals surface area (Å²) in [6.45, 7) is 1.86. The van der Waals surface area contributed by atoms with Crippen molar-refractivity contribution in [2.75, 3.05) is 24.5 Å². The first-order valence-electron chi connectivity index (χ1n) is 12.0. The summed E-state index contributed by atoms with van der Waals surface area (Å²) in [5.74, 6) is -4.11. The molecule has 2 heterocycles. The van der Waals surface area contributed by atoms with Gasteiger partial charge in [0.25, 0.3) is 11.8 Å². The van der Waals surface area contributed by atoms with Crippen LogP contribution in [0.5, 0.6) is 0 Å². The highest BCUT2D eigenvalue weighted by Crippen LogP contribution is 2.35. The number of alkyl halides is 2. The number of carbonyl (C=O) groups is 2. The van der Waals surface area contributed by atoms with Gasteiger partial charge in [0.2, 0.25) is 0 Å².